The average Bonchev–Trinajstić information content (AvgIpc) is 2.98. The van der Waals surface area contributed by atoms with E-state index in [9.17, 15) is 8.42 Å². The second-order valence-corrected chi connectivity index (χ2v) is 7.38. The van der Waals surface area contributed by atoms with E-state index in [1.165, 1.54) is 17.4 Å². The molecule has 3 aromatic rings. The molecule has 2 aromatic heterocycles. The number of thiophene rings is 1. The number of aromatic nitrogens is 1. The van der Waals surface area contributed by atoms with E-state index in [0.717, 1.165) is 10.9 Å². The van der Waals surface area contributed by atoms with Crippen LogP contribution in [0.2, 0.25) is 5.15 Å². The summed E-state index contributed by atoms with van der Waals surface area (Å²) >= 11 is 7.35. The molecule has 4 nitrogen and oxygen atoms in total. The van der Waals surface area contributed by atoms with Crippen LogP contribution in [0.25, 0.3) is 10.9 Å². The largest absolute Gasteiger partial charge is 0.240 e. The van der Waals surface area contributed by atoms with Crippen molar-refractivity contribution in [3.05, 3.63) is 57.9 Å². The Morgan fingerprint density at radius 2 is 2.05 bits per heavy atom. The molecule has 0 saturated carbocycles. The van der Waals surface area contributed by atoms with E-state index in [0.29, 0.717) is 10.7 Å². The van der Waals surface area contributed by atoms with E-state index in [-0.39, 0.29) is 11.4 Å². The van der Waals surface area contributed by atoms with Gasteiger partial charge in [0.25, 0.3) is 0 Å². The molecule has 21 heavy (non-hydrogen) atoms. The quantitative estimate of drug-likeness (QED) is 0.741. The Labute approximate surface area is 131 Å². The molecule has 0 atom stereocenters. The lowest BCUT2D eigenvalue weighted by Gasteiger charge is -2.07. The molecular weight excluding hydrogens is 328 g/mol. The second kappa shape index (κ2) is 5.73. The third kappa shape index (κ3) is 3.24. The van der Waals surface area contributed by atoms with Crippen molar-refractivity contribution in [2.24, 2.45) is 0 Å². The van der Waals surface area contributed by atoms with Crippen LogP contribution in [0.3, 0.4) is 0 Å². The first-order chi connectivity index (χ1) is 10.0. The Balaban J connectivity index is 1.89. The Hall–Kier alpha value is -1.47. The minimum atomic E-state index is -3.54. The molecule has 0 unspecified atom stereocenters. The Morgan fingerprint density at radius 1 is 1.19 bits per heavy atom. The van der Waals surface area contributed by atoms with Gasteiger partial charge in [-0.05, 0) is 52.7 Å². The zero-order chi connectivity index (χ0) is 14.9. The molecule has 0 aliphatic carbocycles. The molecule has 0 radical (unpaired) electrons. The van der Waals surface area contributed by atoms with Gasteiger partial charge in [0, 0.05) is 11.9 Å². The highest BCUT2D eigenvalue weighted by Crippen LogP contribution is 2.20. The summed E-state index contributed by atoms with van der Waals surface area (Å²) in [5.74, 6) is 0. The van der Waals surface area contributed by atoms with Gasteiger partial charge in [-0.3, -0.25) is 0 Å². The molecule has 0 aliphatic heterocycles. The summed E-state index contributed by atoms with van der Waals surface area (Å²) in [7, 11) is -3.54. The SMILES string of the molecule is O=S(=O)(NCc1ccsc1)c1ccc2nc(Cl)ccc2c1. The Kier molecular flexibility index (Phi) is 3.95. The molecule has 7 heteroatoms. The average molecular weight is 339 g/mol. The third-order valence-electron chi connectivity index (χ3n) is 2.98. The van der Waals surface area contributed by atoms with Crippen LogP contribution in [-0.4, -0.2) is 13.4 Å². The summed E-state index contributed by atoms with van der Waals surface area (Å²) < 4.78 is 27.2. The predicted octanol–water partition coefficient (Wildman–Crippen LogP) is 3.43. The maximum atomic E-state index is 12.3. The van der Waals surface area contributed by atoms with Gasteiger partial charge in [-0.1, -0.05) is 11.6 Å². The number of sulfonamides is 1. The van der Waals surface area contributed by atoms with Crippen LogP contribution in [0.15, 0.2) is 52.1 Å². The van der Waals surface area contributed by atoms with Crippen molar-refractivity contribution < 1.29 is 8.42 Å². The minimum Gasteiger partial charge on any atom is -0.236 e. The van der Waals surface area contributed by atoms with E-state index in [2.05, 4.69) is 9.71 Å². The summed E-state index contributed by atoms with van der Waals surface area (Å²) in [6.07, 6.45) is 0. The van der Waals surface area contributed by atoms with E-state index in [1.807, 2.05) is 16.8 Å². The fraction of sp³-hybridized carbons (Fsp3) is 0.0714. The monoisotopic (exact) mass is 338 g/mol. The first-order valence-electron chi connectivity index (χ1n) is 6.12. The Morgan fingerprint density at radius 3 is 2.81 bits per heavy atom. The number of halogens is 1. The van der Waals surface area contributed by atoms with Crippen molar-refractivity contribution in [3.63, 3.8) is 0 Å². The fourth-order valence-corrected chi connectivity index (χ4v) is 3.78. The van der Waals surface area contributed by atoms with Crippen molar-refractivity contribution >= 4 is 43.9 Å². The van der Waals surface area contributed by atoms with Gasteiger partial charge in [-0.15, -0.1) is 0 Å². The normalized spacial score (nSPS) is 11.9. The lowest BCUT2D eigenvalue weighted by Crippen LogP contribution is -2.22. The molecule has 1 N–H and O–H groups in total. The van der Waals surface area contributed by atoms with Crippen LogP contribution in [0, 0.1) is 0 Å². The van der Waals surface area contributed by atoms with E-state index in [4.69, 9.17) is 11.6 Å². The first kappa shape index (κ1) is 14.5. The first-order valence-corrected chi connectivity index (χ1v) is 8.92. The zero-order valence-corrected chi connectivity index (χ0v) is 13.2. The minimum absolute atomic E-state index is 0.217. The van der Waals surface area contributed by atoms with E-state index in [1.54, 1.807) is 24.3 Å². The standard InChI is InChI=1S/C14H11ClN2O2S2/c15-14-4-1-11-7-12(2-3-13(11)17-14)21(18,19)16-8-10-5-6-20-9-10/h1-7,9,16H,8H2. The number of pyridine rings is 1. The molecule has 1 aromatic carbocycles. The molecule has 0 aliphatic rings. The highest BCUT2D eigenvalue weighted by Gasteiger charge is 2.14. The molecule has 0 bridgehead atoms. The van der Waals surface area contributed by atoms with Crippen LogP contribution in [0.4, 0.5) is 0 Å². The van der Waals surface area contributed by atoms with Crippen molar-refractivity contribution in [2.45, 2.75) is 11.4 Å². The smallest absolute Gasteiger partial charge is 0.236 e. The van der Waals surface area contributed by atoms with Crippen molar-refractivity contribution in [2.75, 3.05) is 0 Å². The van der Waals surface area contributed by atoms with Gasteiger partial charge in [0.15, 0.2) is 0 Å². The lowest BCUT2D eigenvalue weighted by atomic mass is 10.2. The van der Waals surface area contributed by atoms with Crippen LogP contribution in [0.5, 0.6) is 0 Å². The summed E-state index contributed by atoms with van der Waals surface area (Å²) in [6.45, 7) is 0.280. The van der Waals surface area contributed by atoms with Crippen LogP contribution in [0.1, 0.15) is 5.56 Å². The van der Waals surface area contributed by atoms with E-state index < -0.39 is 10.0 Å². The molecule has 0 amide bonds. The van der Waals surface area contributed by atoms with E-state index >= 15 is 0 Å². The second-order valence-electron chi connectivity index (χ2n) is 4.44. The third-order valence-corrected chi connectivity index (χ3v) is 5.32. The molecular formula is C14H11ClN2O2S2. The summed E-state index contributed by atoms with van der Waals surface area (Å²) in [4.78, 5) is 4.35. The number of fused-ring (bicyclic) bond motifs is 1. The fourth-order valence-electron chi connectivity index (χ4n) is 1.90. The Bertz CT molecular complexity index is 877. The van der Waals surface area contributed by atoms with Crippen molar-refractivity contribution in [1.29, 1.82) is 0 Å². The molecule has 108 valence electrons. The van der Waals surface area contributed by atoms with Crippen LogP contribution < -0.4 is 4.72 Å². The summed E-state index contributed by atoms with van der Waals surface area (Å²) in [5.41, 5.74) is 1.61. The van der Waals surface area contributed by atoms with Gasteiger partial charge in [0.1, 0.15) is 5.15 Å². The number of nitrogens with zero attached hydrogens (tertiary/aromatic N) is 1. The molecule has 2 heterocycles. The van der Waals surface area contributed by atoms with Crippen molar-refractivity contribution in [1.82, 2.24) is 9.71 Å². The van der Waals surface area contributed by atoms with Gasteiger partial charge < -0.3 is 0 Å². The van der Waals surface area contributed by atoms with Gasteiger partial charge in [0.2, 0.25) is 10.0 Å². The predicted molar refractivity (Wildman–Crippen MR) is 85.1 cm³/mol. The van der Waals surface area contributed by atoms with Gasteiger partial charge >= 0.3 is 0 Å². The number of nitrogens with one attached hydrogen (secondary N) is 1. The maximum Gasteiger partial charge on any atom is 0.240 e. The number of benzene rings is 1. The van der Waals surface area contributed by atoms with Gasteiger partial charge in [-0.2, -0.15) is 11.3 Å². The molecule has 0 spiro atoms. The number of rotatable bonds is 4. The highest BCUT2D eigenvalue weighted by atomic mass is 35.5. The van der Waals surface area contributed by atoms with Crippen LogP contribution in [-0.2, 0) is 16.6 Å². The topological polar surface area (TPSA) is 59.1 Å². The van der Waals surface area contributed by atoms with Gasteiger partial charge in [-0.25, -0.2) is 18.1 Å². The number of hydrogen-bond acceptors (Lipinski definition) is 4. The molecule has 3 rings (SSSR count). The molecule has 0 saturated heterocycles. The van der Waals surface area contributed by atoms with Crippen LogP contribution >= 0.6 is 22.9 Å². The zero-order valence-electron chi connectivity index (χ0n) is 10.8. The maximum absolute atomic E-state index is 12.3. The molecule has 0 fully saturated rings. The van der Waals surface area contributed by atoms with Gasteiger partial charge in [0.05, 0.1) is 10.4 Å². The lowest BCUT2D eigenvalue weighted by molar-refractivity contribution is 0.581. The van der Waals surface area contributed by atoms with Crippen molar-refractivity contribution in [3.8, 4) is 0 Å². The highest BCUT2D eigenvalue weighted by molar-refractivity contribution is 7.89. The summed E-state index contributed by atoms with van der Waals surface area (Å²) in [6, 6.07) is 10.1. The number of hydrogen-bond donors (Lipinski definition) is 1. The summed E-state index contributed by atoms with van der Waals surface area (Å²) in [5, 5.41) is 4.94.